The second-order valence-corrected chi connectivity index (χ2v) is 6.74. The summed E-state index contributed by atoms with van der Waals surface area (Å²) >= 11 is 1.32. The molecule has 0 aliphatic carbocycles. The van der Waals surface area contributed by atoms with Gasteiger partial charge in [-0.25, -0.2) is 9.78 Å². The van der Waals surface area contributed by atoms with Gasteiger partial charge in [0.05, 0.1) is 11.3 Å². The third-order valence-electron chi connectivity index (χ3n) is 3.90. The van der Waals surface area contributed by atoms with E-state index in [0.29, 0.717) is 0 Å². The first-order chi connectivity index (χ1) is 12.5. The maximum absolute atomic E-state index is 12.1. The monoisotopic (exact) mass is 370 g/mol. The number of amides is 1. The van der Waals surface area contributed by atoms with Crippen molar-refractivity contribution in [2.24, 2.45) is 0 Å². The molecule has 134 valence electrons. The van der Waals surface area contributed by atoms with Crippen molar-refractivity contribution < 1.29 is 4.79 Å². The Bertz CT molecular complexity index is 1090. The van der Waals surface area contributed by atoms with E-state index in [0.717, 1.165) is 33.5 Å². The van der Waals surface area contributed by atoms with Gasteiger partial charge in [-0.2, -0.15) is 0 Å². The van der Waals surface area contributed by atoms with Crippen LogP contribution in [0.2, 0.25) is 0 Å². The smallest absolute Gasteiger partial charge is 0.320 e. The van der Waals surface area contributed by atoms with Crippen LogP contribution in [0.25, 0.3) is 10.9 Å². The summed E-state index contributed by atoms with van der Waals surface area (Å²) in [6.07, 6.45) is 1.99. The van der Waals surface area contributed by atoms with Crippen molar-refractivity contribution in [2.45, 2.75) is 25.3 Å². The first kappa shape index (κ1) is 17.9. The van der Waals surface area contributed by atoms with Crippen LogP contribution < -0.4 is 16.6 Å². The van der Waals surface area contributed by atoms with Crippen molar-refractivity contribution in [1.29, 1.82) is 0 Å². The van der Waals surface area contributed by atoms with E-state index in [2.05, 4.69) is 21.4 Å². The Morgan fingerprint density at radius 3 is 2.85 bits per heavy atom. The second-order valence-electron chi connectivity index (χ2n) is 5.78. The fourth-order valence-electron chi connectivity index (χ4n) is 2.57. The number of rotatable bonds is 5. The normalized spacial score (nSPS) is 10.8. The molecule has 0 radical (unpaired) electrons. The van der Waals surface area contributed by atoms with Crippen LogP contribution in [0.1, 0.15) is 18.1 Å². The molecule has 8 heteroatoms. The fraction of sp³-hybridized carbons (Fsp3) is 0.222. The van der Waals surface area contributed by atoms with E-state index in [9.17, 15) is 14.4 Å². The molecule has 2 aromatic heterocycles. The van der Waals surface area contributed by atoms with Gasteiger partial charge >= 0.3 is 5.69 Å². The number of aryl methyl sites for hydroxylation is 2. The van der Waals surface area contributed by atoms with Gasteiger partial charge in [0.1, 0.15) is 10.7 Å². The zero-order valence-electron chi connectivity index (χ0n) is 14.4. The molecule has 3 rings (SSSR count). The zero-order valence-corrected chi connectivity index (χ0v) is 15.2. The second kappa shape index (κ2) is 7.57. The zero-order chi connectivity index (χ0) is 18.7. The third-order valence-corrected chi connectivity index (χ3v) is 4.93. The molecule has 26 heavy (non-hydrogen) atoms. The van der Waals surface area contributed by atoms with Gasteiger partial charge in [-0.05, 0) is 30.5 Å². The maximum Gasteiger partial charge on any atom is 0.325 e. The number of aromatic nitrogens is 3. The number of hydrogen-bond acceptors (Lipinski definition) is 5. The molecular formula is C18H18N4O3S. The average molecular weight is 370 g/mol. The quantitative estimate of drug-likeness (QED) is 0.597. The van der Waals surface area contributed by atoms with Gasteiger partial charge in [-0.3, -0.25) is 14.6 Å². The number of benzene rings is 1. The number of thioether (sulfide) groups is 1. The Labute approximate surface area is 153 Å². The number of nitrogens with zero attached hydrogens (tertiary/aromatic N) is 1. The fourth-order valence-corrected chi connectivity index (χ4v) is 3.46. The molecule has 0 bridgehead atoms. The Morgan fingerprint density at radius 2 is 2.12 bits per heavy atom. The van der Waals surface area contributed by atoms with Crippen molar-refractivity contribution in [1.82, 2.24) is 15.0 Å². The summed E-state index contributed by atoms with van der Waals surface area (Å²) in [5.41, 5.74) is 1.82. The van der Waals surface area contributed by atoms with Gasteiger partial charge in [0.25, 0.3) is 5.56 Å². The summed E-state index contributed by atoms with van der Waals surface area (Å²) in [7, 11) is 0. The number of nitrogens with one attached hydrogen (secondary N) is 3. The number of para-hydroxylation sites is 1. The summed E-state index contributed by atoms with van der Waals surface area (Å²) in [5.74, 6) is -0.239. The first-order valence-corrected chi connectivity index (χ1v) is 9.10. The highest BCUT2D eigenvalue weighted by molar-refractivity contribution is 8.00. The lowest BCUT2D eigenvalue weighted by Gasteiger charge is -2.10. The predicted octanol–water partition coefficient (Wildman–Crippen LogP) is 2.21. The number of carbonyl (C=O) groups is 1. The molecule has 3 aromatic rings. The molecule has 0 atom stereocenters. The van der Waals surface area contributed by atoms with E-state index >= 15 is 0 Å². The van der Waals surface area contributed by atoms with E-state index in [1.54, 1.807) is 0 Å². The molecule has 2 heterocycles. The molecule has 0 aliphatic heterocycles. The van der Waals surface area contributed by atoms with Gasteiger partial charge in [0.15, 0.2) is 0 Å². The van der Waals surface area contributed by atoms with Crippen LogP contribution in [-0.4, -0.2) is 26.6 Å². The predicted molar refractivity (Wildman–Crippen MR) is 103 cm³/mol. The van der Waals surface area contributed by atoms with E-state index < -0.39 is 11.2 Å². The Kier molecular flexibility index (Phi) is 5.22. The van der Waals surface area contributed by atoms with Crippen LogP contribution in [0, 0.1) is 6.92 Å². The van der Waals surface area contributed by atoms with Crippen molar-refractivity contribution in [2.75, 3.05) is 11.1 Å². The highest BCUT2D eigenvalue weighted by Gasteiger charge is 2.12. The van der Waals surface area contributed by atoms with Crippen molar-refractivity contribution in [3.8, 4) is 0 Å². The van der Waals surface area contributed by atoms with Crippen LogP contribution in [0.4, 0.5) is 5.69 Å². The van der Waals surface area contributed by atoms with Crippen molar-refractivity contribution in [3.63, 3.8) is 0 Å². The van der Waals surface area contributed by atoms with Gasteiger partial charge in [-0.15, -0.1) is 0 Å². The lowest BCUT2D eigenvalue weighted by atomic mass is 10.1. The van der Waals surface area contributed by atoms with Crippen molar-refractivity contribution in [3.05, 3.63) is 62.4 Å². The number of aromatic amines is 2. The summed E-state index contributed by atoms with van der Waals surface area (Å²) < 4.78 is 0. The molecule has 7 nitrogen and oxygen atoms in total. The molecule has 3 N–H and O–H groups in total. The van der Waals surface area contributed by atoms with E-state index in [1.807, 2.05) is 32.0 Å². The standard InChI is InChI=1S/C18H18N4O3S/c1-3-11-7-12-6-4-5-10(2)15(12)21-17(11)26-9-14(23)20-13-8-19-18(25)22-16(13)24/h4-8H,3,9H2,1-2H3,(H,20,23)(H2,19,22,24,25). The number of H-pyrrole nitrogens is 2. The summed E-state index contributed by atoms with van der Waals surface area (Å²) in [4.78, 5) is 43.9. The molecule has 0 spiro atoms. The Balaban J connectivity index is 1.78. The van der Waals surface area contributed by atoms with E-state index in [1.165, 1.54) is 18.0 Å². The van der Waals surface area contributed by atoms with Gasteiger partial charge in [-0.1, -0.05) is 36.9 Å². The van der Waals surface area contributed by atoms with Crippen molar-refractivity contribution >= 4 is 34.3 Å². The average Bonchev–Trinajstić information content (AvgIpc) is 2.62. The number of hydrogen-bond donors (Lipinski definition) is 3. The lowest BCUT2D eigenvalue weighted by Crippen LogP contribution is -2.27. The Morgan fingerprint density at radius 1 is 1.31 bits per heavy atom. The largest absolute Gasteiger partial charge is 0.325 e. The highest BCUT2D eigenvalue weighted by Crippen LogP contribution is 2.27. The third kappa shape index (κ3) is 3.85. The summed E-state index contributed by atoms with van der Waals surface area (Å²) in [5, 5.41) is 4.38. The minimum absolute atomic E-state index is 0.00762. The van der Waals surface area contributed by atoms with Crippen LogP contribution in [0.3, 0.4) is 0 Å². The molecule has 1 aromatic carbocycles. The van der Waals surface area contributed by atoms with Gasteiger partial charge in [0, 0.05) is 11.6 Å². The molecular weight excluding hydrogens is 352 g/mol. The van der Waals surface area contributed by atoms with Crippen LogP contribution >= 0.6 is 11.8 Å². The number of carbonyl (C=O) groups excluding carboxylic acids is 1. The summed E-state index contributed by atoms with van der Waals surface area (Å²) in [6.45, 7) is 4.05. The molecule has 0 fully saturated rings. The highest BCUT2D eigenvalue weighted by atomic mass is 32.2. The number of pyridine rings is 1. The summed E-state index contributed by atoms with van der Waals surface area (Å²) in [6, 6.07) is 8.13. The maximum atomic E-state index is 12.1. The number of anilines is 1. The Hall–Kier alpha value is -2.87. The van der Waals surface area contributed by atoms with Crippen LogP contribution in [0.15, 0.2) is 45.1 Å². The first-order valence-electron chi connectivity index (χ1n) is 8.12. The number of fused-ring (bicyclic) bond motifs is 1. The van der Waals surface area contributed by atoms with E-state index in [-0.39, 0.29) is 17.3 Å². The van der Waals surface area contributed by atoms with Gasteiger partial charge in [0.2, 0.25) is 5.91 Å². The van der Waals surface area contributed by atoms with Crippen LogP contribution in [-0.2, 0) is 11.2 Å². The minimum Gasteiger partial charge on any atom is -0.320 e. The molecule has 0 saturated carbocycles. The lowest BCUT2D eigenvalue weighted by molar-refractivity contribution is -0.113. The molecule has 0 aliphatic rings. The van der Waals surface area contributed by atoms with Crippen LogP contribution in [0.5, 0.6) is 0 Å². The topological polar surface area (TPSA) is 108 Å². The minimum atomic E-state index is -0.638. The van der Waals surface area contributed by atoms with Gasteiger partial charge < -0.3 is 10.3 Å². The van der Waals surface area contributed by atoms with E-state index in [4.69, 9.17) is 4.98 Å². The molecule has 1 amide bonds. The molecule has 0 unspecified atom stereocenters. The molecule has 0 saturated heterocycles. The SMILES string of the molecule is CCc1cc2cccc(C)c2nc1SCC(=O)Nc1c[nH]c(=O)[nH]c1=O.